The molecule has 3 rings (SSSR count). The Bertz CT molecular complexity index is 1090. The van der Waals surface area contributed by atoms with Crippen molar-refractivity contribution < 1.29 is 13.2 Å². The van der Waals surface area contributed by atoms with Gasteiger partial charge in [0, 0.05) is 25.4 Å². The molecule has 0 aliphatic heterocycles. The van der Waals surface area contributed by atoms with Crippen LogP contribution in [0.1, 0.15) is 16.7 Å². The van der Waals surface area contributed by atoms with Crippen molar-refractivity contribution in [2.24, 2.45) is 7.05 Å². The molecule has 2 aromatic carbocycles. The first-order chi connectivity index (χ1) is 13.9. The molecule has 0 amide bonds. The summed E-state index contributed by atoms with van der Waals surface area (Å²) in [6.07, 6.45) is 2.33. The van der Waals surface area contributed by atoms with E-state index in [4.69, 9.17) is 4.74 Å². The molecule has 0 bridgehead atoms. The number of benzene rings is 2. The minimum absolute atomic E-state index is 0.0334. The van der Waals surface area contributed by atoms with Gasteiger partial charge in [0.05, 0.1) is 0 Å². The Balaban J connectivity index is 1.92. The fourth-order valence-electron chi connectivity index (χ4n) is 3.12. The van der Waals surface area contributed by atoms with Gasteiger partial charge in [-0.1, -0.05) is 36.4 Å². The van der Waals surface area contributed by atoms with Gasteiger partial charge in [0.25, 0.3) is 5.56 Å². The minimum atomic E-state index is -2.62. The van der Waals surface area contributed by atoms with Crippen LogP contribution in [0.4, 0.5) is 0 Å². The van der Waals surface area contributed by atoms with Gasteiger partial charge in [-0.05, 0) is 53.8 Å². The number of hydrogen-bond donors (Lipinski definition) is 2. The molecule has 0 fully saturated rings. The maximum atomic E-state index is 12.0. The molecule has 29 heavy (non-hydrogen) atoms. The number of ether oxygens (including phenoxy) is 1. The zero-order valence-electron chi connectivity index (χ0n) is 16.4. The standard InChI is InChI=1S/C22H24N2O4S/c1-16-10-20(14-24(2)22(16)25)19-11-18(8-9-23-29(26)27)12-21(13-19)28-15-17-6-4-3-5-7-17/h3-7,10-14,29H,8-9,15H2,1-2H3,(H,23,26,27). The smallest absolute Gasteiger partial charge is 0.253 e. The highest BCUT2D eigenvalue weighted by Gasteiger charge is 2.08. The second-order valence-corrected chi connectivity index (χ2v) is 7.71. The van der Waals surface area contributed by atoms with E-state index in [1.165, 1.54) is 0 Å². The summed E-state index contributed by atoms with van der Waals surface area (Å²) in [6.45, 7) is 2.53. The Hall–Kier alpha value is -2.90. The Morgan fingerprint density at radius 3 is 2.45 bits per heavy atom. The molecule has 0 aliphatic rings. The van der Waals surface area contributed by atoms with Gasteiger partial charge in [-0.3, -0.25) is 4.79 Å². The number of aryl methyl sites for hydroxylation is 2. The van der Waals surface area contributed by atoms with Gasteiger partial charge in [0.1, 0.15) is 12.4 Å². The molecule has 7 heteroatoms. The average Bonchev–Trinajstić information content (AvgIpc) is 2.70. The number of pyridine rings is 1. The first-order valence-electron chi connectivity index (χ1n) is 9.28. The van der Waals surface area contributed by atoms with Crippen LogP contribution in [0.2, 0.25) is 0 Å². The largest absolute Gasteiger partial charge is 0.489 e. The molecule has 0 saturated heterocycles. The molecule has 0 saturated carbocycles. The van der Waals surface area contributed by atoms with Crippen LogP contribution < -0.4 is 15.0 Å². The molecular formula is C22H24N2O4S. The first kappa shape index (κ1) is 20.8. The van der Waals surface area contributed by atoms with E-state index < -0.39 is 10.9 Å². The van der Waals surface area contributed by atoms with Gasteiger partial charge >= 0.3 is 0 Å². The average molecular weight is 413 g/mol. The van der Waals surface area contributed by atoms with Crippen molar-refractivity contribution in [1.82, 2.24) is 9.29 Å². The monoisotopic (exact) mass is 412 g/mol. The summed E-state index contributed by atoms with van der Waals surface area (Å²) in [7, 11) is -0.898. The van der Waals surface area contributed by atoms with E-state index in [9.17, 15) is 13.2 Å². The molecule has 1 heterocycles. The van der Waals surface area contributed by atoms with Crippen molar-refractivity contribution in [2.45, 2.75) is 20.0 Å². The second-order valence-electron chi connectivity index (χ2n) is 6.88. The molecule has 1 aromatic heterocycles. The van der Waals surface area contributed by atoms with Gasteiger partial charge in [-0.2, -0.15) is 0 Å². The molecule has 0 atom stereocenters. The highest BCUT2D eigenvalue weighted by atomic mass is 32.2. The van der Waals surface area contributed by atoms with Gasteiger partial charge < -0.3 is 9.30 Å². The fourth-order valence-corrected chi connectivity index (χ4v) is 3.42. The number of thiol groups is 1. The van der Waals surface area contributed by atoms with Crippen LogP contribution in [-0.4, -0.2) is 19.5 Å². The molecule has 0 unspecified atom stereocenters. The number of nitrogens with one attached hydrogen (secondary N) is 1. The minimum Gasteiger partial charge on any atom is -0.489 e. The quantitative estimate of drug-likeness (QED) is 0.558. The SMILES string of the molecule is Cc1cc(-c2cc(CCN[SH](=O)=O)cc(OCc3ccccc3)c2)cn(C)c1=O. The van der Waals surface area contributed by atoms with E-state index in [0.717, 1.165) is 22.3 Å². The molecule has 6 nitrogen and oxygen atoms in total. The first-order valence-corrected chi connectivity index (χ1v) is 10.5. The van der Waals surface area contributed by atoms with E-state index in [1.54, 1.807) is 24.7 Å². The molecule has 0 radical (unpaired) electrons. The Kier molecular flexibility index (Phi) is 6.85. The predicted molar refractivity (Wildman–Crippen MR) is 115 cm³/mol. The number of nitrogens with zero attached hydrogens (tertiary/aromatic N) is 1. The summed E-state index contributed by atoms with van der Waals surface area (Å²) in [5, 5.41) is 0. The lowest BCUT2D eigenvalue weighted by atomic mass is 10.0. The van der Waals surface area contributed by atoms with Crippen LogP contribution in [0.25, 0.3) is 11.1 Å². The van der Waals surface area contributed by atoms with Gasteiger partial charge in [-0.25, -0.2) is 13.1 Å². The topological polar surface area (TPSA) is 77.4 Å². The lowest BCUT2D eigenvalue weighted by Gasteiger charge is -2.13. The third-order valence-electron chi connectivity index (χ3n) is 4.56. The van der Waals surface area contributed by atoms with Gasteiger partial charge in [0.15, 0.2) is 0 Å². The summed E-state index contributed by atoms with van der Waals surface area (Å²) in [4.78, 5) is 12.0. The fraction of sp³-hybridized carbons (Fsp3) is 0.227. The Morgan fingerprint density at radius 1 is 1.00 bits per heavy atom. The van der Waals surface area contributed by atoms with Crippen LogP contribution in [0, 0.1) is 6.92 Å². The highest BCUT2D eigenvalue weighted by Crippen LogP contribution is 2.27. The Labute approximate surface area is 171 Å². The van der Waals surface area contributed by atoms with Crippen molar-refractivity contribution in [3.8, 4) is 16.9 Å². The van der Waals surface area contributed by atoms with Gasteiger partial charge in [0.2, 0.25) is 10.9 Å². The maximum absolute atomic E-state index is 12.0. The number of aromatic nitrogens is 1. The van der Waals surface area contributed by atoms with Crippen molar-refractivity contribution in [2.75, 3.05) is 6.54 Å². The summed E-state index contributed by atoms with van der Waals surface area (Å²) >= 11 is 0. The molecule has 1 N–H and O–H groups in total. The van der Waals surface area contributed by atoms with E-state index >= 15 is 0 Å². The maximum Gasteiger partial charge on any atom is 0.253 e. The van der Waals surface area contributed by atoms with Crippen LogP contribution in [0.15, 0.2) is 65.6 Å². The molecular weight excluding hydrogens is 388 g/mol. The van der Waals surface area contributed by atoms with Crippen molar-refractivity contribution >= 4 is 10.9 Å². The van der Waals surface area contributed by atoms with Crippen LogP contribution in [0.5, 0.6) is 5.75 Å². The summed E-state index contributed by atoms with van der Waals surface area (Å²) < 4.78 is 31.5. The lowest BCUT2D eigenvalue weighted by Crippen LogP contribution is -2.18. The normalized spacial score (nSPS) is 11.0. The Morgan fingerprint density at radius 2 is 1.76 bits per heavy atom. The molecule has 3 aromatic rings. The highest BCUT2D eigenvalue weighted by molar-refractivity contribution is 7.70. The summed E-state index contributed by atoms with van der Waals surface area (Å²) in [5.41, 5.74) is 4.44. The van der Waals surface area contributed by atoms with Crippen molar-refractivity contribution in [3.63, 3.8) is 0 Å². The van der Waals surface area contributed by atoms with Crippen LogP contribution in [-0.2, 0) is 31.0 Å². The van der Waals surface area contributed by atoms with E-state index in [2.05, 4.69) is 4.72 Å². The summed E-state index contributed by atoms with van der Waals surface area (Å²) in [5.74, 6) is 0.694. The van der Waals surface area contributed by atoms with Crippen molar-refractivity contribution in [3.05, 3.63) is 87.8 Å². The molecule has 152 valence electrons. The van der Waals surface area contributed by atoms with E-state index in [0.29, 0.717) is 30.9 Å². The zero-order valence-corrected chi connectivity index (χ0v) is 17.3. The number of hydrogen-bond acceptors (Lipinski definition) is 4. The van der Waals surface area contributed by atoms with E-state index in [-0.39, 0.29) is 5.56 Å². The van der Waals surface area contributed by atoms with E-state index in [1.807, 2.05) is 54.6 Å². The third-order valence-corrected chi connectivity index (χ3v) is 5.05. The summed E-state index contributed by atoms with van der Waals surface area (Å²) in [6, 6.07) is 17.6. The van der Waals surface area contributed by atoms with Crippen molar-refractivity contribution in [1.29, 1.82) is 0 Å². The third kappa shape index (κ3) is 5.79. The molecule has 0 spiro atoms. The molecule has 0 aliphatic carbocycles. The lowest BCUT2D eigenvalue weighted by molar-refractivity contribution is 0.306. The predicted octanol–water partition coefficient (Wildman–Crippen LogP) is 2.60. The number of rotatable bonds is 8. The van der Waals surface area contributed by atoms with Gasteiger partial charge in [-0.15, -0.1) is 0 Å². The zero-order chi connectivity index (χ0) is 20.8. The van der Waals surface area contributed by atoms with Crippen LogP contribution in [0.3, 0.4) is 0 Å². The van der Waals surface area contributed by atoms with Crippen LogP contribution >= 0.6 is 0 Å². The second kappa shape index (κ2) is 9.54.